The number of aromatic nitrogens is 2. The number of carbonyl (C=O) groups is 2. The van der Waals surface area contributed by atoms with Gasteiger partial charge in [0.05, 0.1) is 18.8 Å². The molecule has 0 saturated carbocycles. The van der Waals surface area contributed by atoms with Gasteiger partial charge in [-0.05, 0) is 12.1 Å². The zero-order valence-electron chi connectivity index (χ0n) is 14.4. The SMILES string of the molecule is CN1C[C@@]2(CCN(C(=O)c3ccc(-c4cc(N)ncn4)cc3)C2)OC1=O. The van der Waals surface area contributed by atoms with Crippen molar-refractivity contribution in [3.05, 3.63) is 42.2 Å². The van der Waals surface area contributed by atoms with Crippen LogP contribution in [0.25, 0.3) is 11.3 Å². The van der Waals surface area contributed by atoms with Gasteiger partial charge in [-0.2, -0.15) is 0 Å². The number of hydrogen-bond donors (Lipinski definition) is 1. The lowest BCUT2D eigenvalue weighted by Crippen LogP contribution is -2.39. The molecule has 8 heteroatoms. The lowest BCUT2D eigenvalue weighted by Gasteiger charge is -2.21. The molecule has 2 amide bonds. The Bertz CT molecular complexity index is 869. The molecule has 3 heterocycles. The average Bonchev–Trinajstić information content (AvgIpc) is 3.17. The molecule has 134 valence electrons. The summed E-state index contributed by atoms with van der Waals surface area (Å²) in [6.45, 7) is 1.51. The van der Waals surface area contributed by atoms with E-state index in [9.17, 15) is 9.59 Å². The van der Waals surface area contributed by atoms with Gasteiger partial charge in [0.2, 0.25) is 0 Å². The third-order valence-electron chi connectivity index (χ3n) is 4.86. The number of nitrogen functional groups attached to an aromatic ring is 1. The van der Waals surface area contributed by atoms with Crippen molar-refractivity contribution in [2.24, 2.45) is 0 Å². The summed E-state index contributed by atoms with van der Waals surface area (Å²) in [5.74, 6) is 0.329. The molecule has 2 aromatic rings. The first-order chi connectivity index (χ1) is 12.5. The maximum absolute atomic E-state index is 12.8. The molecule has 26 heavy (non-hydrogen) atoms. The van der Waals surface area contributed by atoms with Crippen molar-refractivity contribution in [3.63, 3.8) is 0 Å². The lowest BCUT2D eigenvalue weighted by atomic mass is 10.0. The molecular formula is C18H19N5O3. The molecule has 2 N–H and O–H groups in total. The van der Waals surface area contributed by atoms with Gasteiger partial charge >= 0.3 is 6.09 Å². The molecule has 0 bridgehead atoms. The molecule has 4 rings (SSSR count). The Morgan fingerprint density at radius 2 is 2.00 bits per heavy atom. The monoisotopic (exact) mass is 353 g/mol. The van der Waals surface area contributed by atoms with Gasteiger partial charge in [0.15, 0.2) is 5.60 Å². The van der Waals surface area contributed by atoms with Crippen LogP contribution in [-0.4, -0.2) is 64.1 Å². The molecule has 0 radical (unpaired) electrons. The summed E-state index contributed by atoms with van der Waals surface area (Å²) in [6, 6.07) is 8.90. The van der Waals surface area contributed by atoms with Crippen LogP contribution in [0, 0.1) is 0 Å². The Labute approximate surface area is 150 Å². The molecular weight excluding hydrogens is 334 g/mol. The maximum Gasteiger partial charge on any atom is 0.410 e. The summed E-state index contributed by atoms with van der Waals surface area (Å²) in [6.07, 6.45) is 1.74. The molecule has 1 spiro atoms. The van der Waals surface area contributed by atoms with Crippen LogP contribution < -0.4 is 5.73 Å². The van der Waals surface area contributed by atoms with Crippen LogP contribution in [0.2, 0.25) is 0 Å². The van der Waals surface area contributed by atoms with Gasteiger partial charge in [-0.3, -0.25) is 4.79 Å². The predicted molar refractivity (Wildman–Crippen MR) is 94.2 cm³/mol. The molecule has 2 saturated heterocycles. The first kappa shape index (κ1) is 16.3. The average molecular weight is 353 g/mol. The van der Waals surface area contributed by atoms with Gasteiger partial charge in [0.25, 0.3) is 5.91 Å². The number of amides is 2. The van der Waals surface area contributed by atoms with Crippen LogP contribution in [0.4, 0.5) is 10.6 Å². The van der Waals surface area contributed by atoms with Crippen molar-refractivity contribution >= 4 is 17.8 Å². The van der Waals surface area contributed by atoms with E-state index in [2.05, 4.69) is 9.97 Å². The highest BCUT2D eigenvalue weighted by Gasteiger charge is 2.49. The summed E-state index contributed by atoms with van der Waals surface area (Å²) < 4.78 is 5.49. The third-order valence-corrected chi connectivity index (χ3v) is 4.86. The fourth-order valence-electron chi connectivity index (χ4n) is 3.52. The summed E-state index contributed by atoms with van der Waals surface area (Å²) in [7, 11) is 1.71. The van der Waals surface area contributed by atoms with E-state index in [0.29, 0.717) is 43.1 Å². The number of likely N-dealkylation sites (tertiary alicyclic amines) is 1. The Balaban J connectivity index is 1.48. The van der Waals surface area contributed by atoms with E-state index in [4.69, 9.17) is 10.5 Å². The summed E-state index contributed by atoms with van der Waals surface area (Å²) in [5.41, 5.74) is 7.27. The highest BCUT2D eigenvalue weighted by atomic mass is 16.6. The maximum atomic E-state index is 12.8. The highest BCUT2D eigenvalue weighted by molar-refractivity contribution is 5.95. The Hall–Kier alpha value is -3.16. The summed E-state index contributed by atoms with van der Waals surface area (Å²) >= 11 is 0. The first-order valence-corrected chi connectivity index (χ1v) is 8.37. The smallest absolute Gasteiger partial charge is 0.410 e. The number of carbonyl (C=O) groups excluding carboxylic acids is 2. The molecule has 1 atom stereocenters. The van der Waals surface area contributed by atoms with Crippen molar-refractivity contribution in [3.8, 4) is 11.3 Å². The van der Waals surface area contributed by atoms with Crippen molar-refractivity contribution in [1.29, 1.82) is 0 Å². The Morgan fingerprint density at radius 3 is 2.65 bits per heavy atom. The standard InChI is InChI=1S/C18H19N5O3/c1-22-9-18(26-17(22)25)6-7-23(10-18)16(24)13-4-2-12(3-5-13)14-8-15(19)21-11-20-14/h2-5,8,11H,6-7,9-10H2,1H3,(H2,19,20,21)/t18-/m1/s1. The van der Waals surface area contributed by atoms with Crippen LogP contribution in [-0.2, 0) is 4.74 Å². The number of likely N-dealkylation sites (N-methyl/N-ethyl adjacent to an activating group) is 1. The number of benzene rings is 1. The van der Waals surface area contributed by atoms with Gasteiger partial charge in [-0.15, -0.1) is 0 Å². The molecule has 0 unspecified atom stereocenters. The largest absolute Gasteiger partial charge is 0.439 e. The van der Waals surface area contributed by atoms with E-state index in [-0.39, 0.29) is 12.0 Å². The normalized spacial score (nSPS) is 22.1. The second kappa shape index (κ2) is 5.98. The lowest BCUT2D eigenvalue weighted by molar-refractivity contribution is 0.0553. The van der Waals surface area contributed by atoms with Gasteiger partial charge in [-0.25, -0.2) is 14.8 Å². The van der Waals surface area contributed by atoms with Crippen molar-refractivity contribution in [2.75, 3.05) is 32.4 Å². The van der Waals surface area contributed by atoms with Gasteiger partial charge in [-0.1, -0.05) is 12.1 Å². The Kier molecular flexibility index (Phi) is 3.75. The molecule has 1 aromatic heterocycles. The molecule has 0 aliphatic carbocycles. The van der Waals surface area contributed by atoms with E-state index in [0.717, 1.165) is 5.56 Å². The summed E-state index contributed by atoms with van der Waals surface area (Å²) in [4.78, 5) is 35.8. The predicted octanol–water partition coefficient (Wildman–Crippen LogP) is 1.39. The second-order valence-electron chi connectivity index (χ2n) is 6.79. The van der Waals surface area contributed by atoms with Crippen LogP contribution in [0.15, 0.2) is 36.7 Å². The third kappa shape index (κ3) is 2.83. The highest BCUT2D eigenvalue weighted by Crippen LogP contribution is 2.32. The molecule has 8 nitrogen and oxygen atoms in total. The number of nitrogens with zero attached hydrogens (tertiary/aromatic N) is 4. The van der Waals surface area contributed by atoms with Gasteiger partial charge < -0.3 is 20.3 Å². The van der Waals surface area contributed by atoms with Crippen molar-refractivity contribution in [1.82, 2.24) is 19.8 Å². The number of anilines is 1. The minimum absolute atomic E-state index is 0.0683. The van der Waals surface area contributed by atoms with Crippen molar-refractivity contribution in [2.45, 2.75) is 12.0 Å². The van der Waals surface area contributed by atoms with Gasteiger partial charge in [0.1, 0.15) is 12.1 Å². The number of ether oxygens (including phenoxy) is 1. The van der Waals surface area contributed by atoms with E-state index in [1.165, 1.54) is 6.33 Å². The quantitative estimate of drug-likeness (QED) is 0.875. The van der Waals surface area contributed by atoms with Gasteiger partial charge in [0, 0.05) is 37.2 Å². The number of hydrogen-bond acceptors (Lipinski definition) is 6. The fourth-order valence-corrected chi connectivity index (χ4v) is 3.52. The zero-order valence-corrected chi connectivity index (χ0v) is 14.4. The zero-order chi connectivity index (χ0) is 18.3. The van der Waals surface area contributed by atoms with E-state index < -0.39 is 5.60 Å². The van der Waals surface area contributed by atoms with Crippen LogP contribution >= 0.6 is 0 Å². The fraction of sp³-hybridized carbons (Fsp3) is 0.333. The van der Waals surface area contributed by atoms with E-state index in [1.807, 2.05) is 12.1 Å². The van der Waals surface area contributed by atoms with E-state index in [1.54, 1.807) is 35.0 Å². The number of nitrogens with two attached hydrogens (primary N) is 1. The van der Waals surface area contributed by atoms with Crippen LogP contribution in [0.1, 0.15) is 16.8 Å². The minimum atomic E-state index is -0.570. The minimum Gasteiger partial charge on any atom is -0.439 e. The Morgan fingerprint density at radius 1 is 1.23 bits per heavy atom. The molecule has 2 aliphatic heterocycles. The van der Waals surface area contributed by atoms with Crippen molar-refractivity contribution < 1.29 is 14.3 Å². The molecule has 2 fully saturated rings. The topological polar surface area (TPSA) is 102 Å². The molecule has 2 aliphatic rings. The number of rotatable bonds is 2. The van der Waals surface area contributed by atoms with E-state index >= 15 is 0 Å². The summed E-state index contributed by atoms with van der Waals surface area (Å²) in [5, 5.41) is 0. The van der Waals surface area contributed by atoms with Crippen LogP contribution in [0.3, 0.4) is 0 Å². The first-order valence-electron chi connectivity index (χ1n) is 8.37. The molecule has 1 aromatic carbocycles. The van der Waals surface area contributed by atoms with Crippen LogP contribution in [0.5, 0.6) is 0 Å². The second-order valence-corrected chi connectivity index (χ2v) is 6.79.